The van der Waals surface area contributed by atoms with Gasteiger partial charge in [0.2, 0.25) is 5.43 Å². The molecule has 8 heteroatoms. The smallest absolute Gasteiger partial charge is 0.341 e. The molecule has 1 saturated heterocycles. The van der Waals surface area contributed by atoms with E-state index in [2.05, 4.69) is 32.8 Å². The van der Waals surface area contributed by atoms with Gasteiger partial charge < -0.3 is 24.2 Å². The third kappa shape index (κ3) is 3.56. The number of nitrogens with zero attached hydrogens (tertiary/aromatic N) is 3. The van der Waals surface area contributed by atoms with Crippen LogP contribution >= 0.6 is 0 Å². The summed E-state index contributed by atoms with van der Waals surface area (Å²) in [5.41, 5.74) is -0.297. The fourth-order valence-electron chi connectivity index (χ4n) is 5.22. The Balaban J connectivity index is 1.93. The van der Waals surface area contributed by atoms with Gasteiger partial charge in [0.1, 0.15) is 11.3 Å². The highest BCUT2D eigenvalue weighted by Crippen LogP contribution is 2.45. The largest absolute Gasteiger partial charge is 0.492 e. The first-order valence-corrected chi connectivity index (χ1v) is 10.7. The summed E-state index contributed by atoms with van der Waals surface area (Å²) in [5, 5.41) is 9.53. The topological polar surface area (TPSA) is 75.0 Å². The fourth-order valence-corrected chi connectivity index (χ4v) is 5.22. The predicted molar refractivity (Wildman–Crippen MR) is 118 cm³/mol. The van der Waals surface area contributed by atoms with Crippen molar-refractivity contribution in [2.24, 2.45) is 5.41 Å². The second kappa shape index (κ2) is 7.51. The highest BCUT2D eigenvalue weighted by atomic mass is 19.1. The Bertz CT molecular complexity index is 1100. The molecule has 2 fully saturated rings. The molecule has 4 rings (SSSR count). The summed E-state index contributed by atoms with van der Waals surface area (Å²) in [6.45, 7) is 5.64. The molecule has 0 amide bonds. The maximum absolute atomic E-state index is 15.5. The Morgan fingerprint density at radius 2 is 1.97 bits per heavy atom. The standard InChI is InChI=1S/C23H30FN3O4/c1-23(2)12-26(9-8-17(23)25(3)4)19-16(24)10-14-18(21(19)31-5)27(13-6-7-13)11-15(20(14)28)22(29)30/h10-11,13,17H,6-9,12H2,1-5H3,(H,29,30). The number of fused-ring (bicyclic) bond motifs is 1. The molecule has 1 aliphatic heterocycles. The number of rotatable bonds is 5. The van der Waals surface area contributed by atoms with E-state index in [4.69, 9.17) is 4.74 Å². The Labute approximate surface area is 181 Å². The quantitative estimate of drug-likeness (QED) is 0.783. The van der Waals surface area contributed by atoms with E-state index in [1.54, 1.807) is 4.57 Å². The van der Waals surface area contributed by atoms with Crippen molar-refractivity contribution in [1.29, 1.82) is 0 Å². The van der Waals surface area contributed by atoms with Crippen molar-refractivity contribution in [1.82, 2.24) is 9.47 Å². The summed E-state index contributed by atoms with van der Waals surface area (Å²) in [7, 11) is 5.60. The molecular weight excluding hydrogens is 401 g/mol. The number of aromatic carboxylic acids is 1. The van der Waals surface area contributed by atoms with Crippen molar-refractivity contribution in [3.8, 4) is 5.75 Å². The summed E-state index contributed by atoms with van der Waals surface area (Å²) in [5.74, 6) is -1.57. The zero-order valence-corrected chi connectivity index (χ0v) is 18.7. The molecule has 2 aromatic rings. The van der Waals surface area contributed by atoms with Crippen LogP contribution in [0.2, 0.25) is 0 Å². The van der Waals surface area contributed by atoms with Gasteiger partial charge >= 0.3 is 5.97 Å². The Morgan fingerprint density at radius 3 is 2.48 bits per heavy atom. The number of carboxylic acid groups (broad SMARTS) is 1. The van der Waals surface area contributed by atoms with Crippen LogP contribution in [0.3, 0.4) is 0 Å². The number of piperidine rings is 1. The lowest BCUT2D eigenvalue weighted by molar-refractivity contribution is 0.0694. The molecule has 1 aromatic carbocycles. The summed E-state index contributed by atoms with van der Waals surface area (Å²) < 4.78 is 23.0. The van der Waals surface area contributed by atoms with Gasteiger partial charge in [-0.15, -0.1) is 0 Å². The third-order valence-electron chi connectivity index (χ3n) is 6.69. The van der Waals surface area contributed by atoms with Crippen molar-refractivity contribution in [3.05, 3.63) is 33.9 Å². The van der Waals surface area contributed by atoms with Gasteiger partial charge in [-0.05, 0) is 44.8 Å². The fraction of sp³-hybridized carbons (Fsp3) is 0.565. The minimum absolute atomic E-state index is 0.0485. The number of benzene rings is 1. The molecule has 0 spiro atoms. The SMILES string of the molecule is COc1c(N2CCC(N(C)C)C(C)(C)C2)c(F)cc2c(=O)c(C(=O)O)cn(C3CC3)c12. The lowest BCUT2D eigenvalue weighted by Crippen LogP contribution is -2.54. The first-order valence-electron chi connectivity index (χ1n) is 10.7. The third-order valence-corrected chi connectivity index (χ3v) is 6.69. The summed E-state index contributed by atoms with van der Waals surface area (Å²) >= 11 is 0. The van der Waals surface area contributed by atoms with Gasteiger partial charge in [0.25, 0.3) is 0 Å². The maximum Gasteiger partial charge on any atom is 0.341 e. The molecule has 168 valence electrons. The molecule has 1 N–H and O–H groups in total. The molecule has 1 atom stereocenters. The van der Waals surface area contributed by atoms with Crippen molar-refractivity contribution in [3.63, 3.8) is 0 Å². The monoisotopic (exact) mass is 431 g/mol. The molecule has 1 aliphatic carbocycles. The van der Waals surface area contributed by atoms with E-state index in [9.17, 15) is 14.7 Å². The van der Waals surface area contributed by atoms with Crippen molar-refractivity contribution in [2.45, 2.75) is 45.2 Å². The van der Waals surface area contributed by atoms with E-state index in [1.165, 1.54) is 19.4 Å². The van der Waals surface area contributed by atoms with Gasteiger partial charge in [-0.2, -0.15) is 0 Å². The first-order chi connectivity index (χ1) is 14.6. The van der Waals surface area contributed by atoms with Crippen molar-refractivity contribution in [2.75, 3.05) is 39.2 Å². The van der Waals surface area contributed by atoms with Crippen LogP contribution in [0.15, 0.2) is 17.1 Å². The zero-order valence-electron chi connectivity index (χ0n) is 18.7. The number of carbonyl (C=O) groups is 1. The summed E-state index contributed by atoms with van der Waals surface area (Å²) in [4.78, 5) is 28.7. The van der Waals surface area contributed by atoms with Gasteiger partial charge in [0.05, 0.1) is 18.0 Å². The molecule has 0 radical (unpaired) electrons. The number of halogens is 1. The van der Waals surface area contributed by atoms with Crippen LogP contribution in [0.25, 0.3) is 10.9 Å². The minimum atomic E-state index is -1.31. The zero-order chi connectivity index (χ0) is 22.7. The number of aromatic nitrogens is 1. The molecular formula is C23H30FN3O4. The number of ether oxygens (including phenoxy) is 1. The molecule has 1 aromatic heterocycles. The van der Waals surface area contributed by atoms with Gasteiger partial charge in [-0.1, -0.05) is 13.8 Å². The van der Waals surface area contributed by atoms with Crippen LogP contribution in [0.4, 0.5) is 10.1 Å². The molecule has 31 heavy (non-hydrogen) atoms. The Morgan fingerprint density at radius 1 is 1.29 bits per heavy atom. The molecule has 2 heterocycles. The normalized spacial score (nSPS) is 21.0. The second-order valence-electron chi connectivity index (χ2n) is 9.63. The van der Waals surface area contributed by atoms with Crippen LogP contribution in [-0.4, -0.2) is 60.9 Å². The second-order valence-corrected chi connectivity index (χ2v) is 9.63. The minimum Gasteiger partial charge on any atom is -0.492 e. The number of pyridine rings is 1. The van der Waals surface area contributed by atoms with Gasteiger partial charge in [-0.25, -0.2) is 9.18 Å². The van der Waals surface area contributed by atoms with E-state index >= 15 is 4.39 Å². The predicted octanol–water partition coefficient (Wildman–Crippen LogP) is 3.35. The van der Waals surface area contributed by atoms with E-state index in [1.807, 2.05) is 4.90 Å². The number of hydrogen-bond acceptors (Lipinski definition) is 5. The van der Waals surface area contributed by atoms with Crippen LogP contribution in [0, 0.1) is 11.2 Å². The highest BCUT2D eigenvalue weighted by molar-refractivity contribution is 5.97. The van der Waals surface area contributed by atoms with Crippen molar-refractivity contribution < 1.29 is 19.0 Å². The Kier molecular flexibility index (Phi) is 5.24. The number of hydrogen-bond donors (Lipinski definition) is 1. The number of methoxy groups -OCH3 is 1. The number of carboxylic acids is 1. The Hall–Kier alpha value is -2.61. The summed E-state index contributed by atoms with van der Waals surface area (Å²) in [6.07, 6.45) is 4.02. The van der Waals surface area contributed by atoms with Crippen LogP contribution < -0.4 is 15.1 Å². The lowest BCUT2D eigenvalue weighted by Gasteiger charge is -2.48. The average Bonchev–Trinajstić information content (AvgIpc) is 3.51. The van der Waals surface area contributed by atoms with Crippen molar-refractivity contribution >= 4 is 22.6 Å². The van der Waals surface area contributed by atoms with Gasteiger partial charge in [0.15, 0.2) is 11.6 Å². The van der Waals surface area contributed by atoms with Crippen LogP contribution in [0.1, 0.15) is 49.5 Å². The van der Waals surface area contributed by atoms with Crippen LogP contribution in [-0.2, 0) is 0 Å². The van der Waals surface area contributed by atoms with Gasteiger partial charge in [0, 0.05) is 31.4 Å². The molecule has 1 unspecified atom stereocenters. The van der Waals surface area contributed by atoms with Crippen LogP contribution in [0.5, 0.6) is 5.75 Å². The summed E-state index contributed by atoms with van der Waals surface area (Å²) in [6, 6.07) is 1.64. The number of anilines is 1. The van der Waals surface area contributed by atoms with E-state index in [0.717, 1.165) is 19.3 Å². The lowest BCUT2D eigenvalue weighted by atomic mass is 9.78. The van der Waals surface area contributed by atoms with E-state index < -0.39 is 17.2 Å². The average molecular weight is 432 g/mol. The molecule has 0 bridgehead atoms. The molecule has 7 nitrogen and oxygen atoms in total. The first kappa shape index (κ1) is 21.6. The molecule has 2 aliphatic rings. The van der Waals surface area contributed by atoms with E-state index in [0.29, 0.717) is 36.1 Å². The maximum atomic E-state index is 15.5. The van der Waals surface area contributed by atoms with Gasteiger partial charge in [-0.3, -0.25) is 4.79 Å². The molecule has 1 saturated carbocycles. The van der Waals surface area contributed by atoms with E-state index in [-0.39, 0.29) is 22.4 Å². The highest BCUT2D eigenvalue weighted by Gasteiger charge is 2.39.